The number of rotatable bonds is 5. The van der Waals surface area contributed by atoms with Crippen LogP contribution in [0.5, 0.6) is 0 Å². The Hall–Kier alpha value is -0.770. The minimum atomic E-state index is 0.135. The Morgan fingerprint density at radius 2 is 2.07 bits per heavy atom. The van der Waals surface area contributed by atoms with Crippen molar-refractivity contribution < 1.29 is 4.79 Å². The van der Waals surface area contributed by atoms with Gasteiger partial charge in [0.15, 0.2) is 0 Å². The van der Waals surface area contributed by atoms with Gasteiger partial charge in [0.25, 0.3) is 0 Å². The van der Waals surface area contributed by atoms with E-state index < -0.39 is 0 Å². The van der Waals surface area contributed by atoms with Crippen molar-refractivity contribution in [3.63, 3.8) is 0 Å². The van der Waals surface area contributed by atoms with Crippen molar-refractivity contribution in [2.45, 2.75) is 50.6 Å². The third-order valence-electron chi connectivity index (χ3n) is 3.28. The van der Waals surface area contributed by atoms with E-state index in [0.717, 1.165) is 25.8 Å². The number of nitrogens with two attached hydrogens (primary N) is 1. The molecule has 15 heavy (non-hydrogen) atoms. The van der Waals surface area contributed by atoms with E-state index in [1.165, 1.54) is 19.3 Å². The standard InChI is InChI=1S/C11H21N3O/c12-7-2-8-14(10-3-1-4-10)11(15)13-9-5-6-9/h9-10H,1-8,12H2,(H,13,15). The van der Waals surface area contributed by atoms with Crippen LogP contribution in [0.1, 0.15) is 38.5 Å². The molecule has 0 aromatic rings. The molecule has 4 nitrogen and oxygen atoms in total. The lowest BCUT2D eigenvalue weighted by molar-refractivity contribution is 0.137. The van der Waals surface area contributed by atoms with Crippen molar-refractivity contribution in [2.24, 2.45) is 5.73 Å². The third-order valence-corrected chi connectivity index (χ3v) is 3.28. The van der Waals surface area contributed by atoms with E-state index in [4.69, 9.17) is 5.73 Å². The average molecular weight is 211 g/mol. The van der Waals surface area contributed by atoms with Crippen LogP contribution in [0.3, 0.4) is 0 Å². The first-order valence-electron chi connectivity index (χ1n) is 6.08. The number of carbonyl (C=O) groups is 1. The summed E-state index contributed by atoms with van der Waals surface area (Å²) in [6, 6.07) is 1.07. The number of amides is 2. The molecule has 2 aliphatic rings. The molecule has 0 unspecified atom stereocenters. The quantitative estimate of drug-likeness (QED) is 0.714. The molecule has 0 saturated heterocycles. The van der Waals surface area contributed by atoms with Gasteiger partial charge in [-0.15, -0.1) is 0 Å². The fourth-order valence-corrected chi connectivity index (χ4v) is 1.90. The van der Waals surface area contributed by atoms with Crippen molar-refractivity contribution in [3.05, 3.63) is 0 Å². The van der Waals surface area contributed by atoms with Crippen molar-refractivity contribution in [2.75, 3.05) is 13.1 Å². The highest BCUT2D eigenvalue weighted by atomic mass is 16.2. The summed E-state index contributed by atoms with van der Waals surface area (Å²) in [5.41, 5.74) is 5.49. The second-order valence-electron chi connectivity index (χ2n) is 4.64. The van der Waals surface area contributed by atoms with Crippen LogP contribution in [-0.4, -0.2) is 36.1 Å². The van der Waals surface area contributed by atoms with Gasteiger partial charge in [-0.25, -0.2) is 4.79 Å². The van der Waals surface area contributed by atoms with Gasteiger partial charge in [0, 0.05) is 18.6 Å². The van der Waals surface area contributed by atoms with Crippen molar-refractivity contribution in [1.82, 2.24) is 10.2 Å². The summed E-state index contributed by atoms with van der Waals surface area (Å²) in [7, 11) is 0. The van der Waals surface area contributed by atoms with E-state index in [1.807, 2.05) is 4.90 Å². The molecule has 2 aliphatic carbocycles. The summed E-state index contributed by atoms with van der Waals surface area (Å²) in [5, 5.41) is 3.06. The molecule has 0 aliphatic heterocycles. The van der Waals surface area contributed by atoms with E-state index in [-0.39, 0.29) is 6.03 Å². The van der Waals surface area contributed by atoms with E-state index >= 15 is 0 Å². The third kappa shape index (κ3) is 2.84. The number of urea groups is 1. The van der Waals surface area contributed by atoms with Crippen molar-refractivity contribution in [1.29, 1.82) is 0 Å². The van der Waals surface area contributed by atoms with Crippen LogP contribution in [0.25, 0.3) is 0 Å². The molecule has 86 valence electrons. The molecular formula is C11H21N3O. The Balaban J connectivity index is 1.81. The van der Waals surface area contributed by atoms with E-state index in [2.05, 4.69) is 5.32 Å². The summed E-state index contributed by atoms with van der Waals surface area (Å²) in [6.07, 6.45) is 6.82. The topological polar surface area (TPSA) is 58.4 Å². The van der Waals surface area contributed by atoms with Crippen molar-refractivity contribution in [3.8, 4) is 0 Å². The molecular weight excluding hydrogens is 190 g/mol. The highest BCUT2D eigenvalue weighted by Gasteiger charge is 2.31. The van der Waals surface area contributed by atoms with Gasteiger partial charge in [0.1, 0.15) is 0 Å². The van der Waals surface area contributed by atoms with Crippen LogP contribution in [0.15, 0.2) is 0 Å². The van der Waals surface area contributed by atoms with Gasteiger partial charge >= 0.3 is 6.03 Å². The largest absolute Gasteiger partial charge is 0.335 e. The van der Waals surface area contributed by atoms with Gasteiger partial charge in [0.2, 0.25) is 0 Å². The highest BCUT2D eigenvalue weighted by Crippen LogP contribution is 2.26. The maximum atomic E-state index is 11.9. The fraction of sp³-hybridized carbons (Fsp3) is 0.909. The molecule has 0 bridgehead atoms. The summed E-state index contributed by atoms with van der Waals surface area (Å²) >= 11 is 0. The van der Waals surface area contributed by atoms with Crippen LogP contribution in [-0.2, 0) is 0 Å². The Morgan fingerprint density at radius 3 is 2.53 bits per heavy atom. The molecule has 0 atom stereocenters. The Bertz CT molecular complexity index is 224. The smallest absolute Gasteiger partial charge is 0.317 e. The van der Waals surface area contributed by atoms with Crippen molar-refractivity contribution >= 4 is 6.03 Å². The SMILES string of the molecule is NCCCN(C(=O)NC1CC1)C1CCC1. The molecule has 0 aromatic heterocycles. The molecule has 0 heterocycles. The molecule has 0 radical (unpaired) electrons. The van der Waals surface area contributed by atoms with Gasteiger partial charge in [-0.2, -0.15) is 0 Å². The zero-order chi connectivity index (χ0) is 10.7. The molecule has 2 fully saturated rings. The predicted molar refractivity (Wildman–Crippen MR) is 59.6 cm³/mol. The van der Waals surface area contributed by atoms with Gasteiger partial charge in [0.05, 0.1) is 0 Å². The first-order chi connectivity index (χ1) is 7.31. The van der Waals surface area contributed by atoms with E-state index in [1.54, 1.807) is 0 Å². The molecule has 2 rings (SSSR count). The highest BCUT2D eigenvalue weighted by molar-refractivity contribution is 5.75. The van der Waals surface area contributed by atoms with Crippen LogP contribution < -0.4 is 11.1 Å². The summed E-state index contributed by atoms with van der Waals surface area (Å²) in [6.45, 7) is 1.49. The second kappa shape index (κ2) is 4.84. The lowest BCUT2D eigenvalue weighted by atomic mass is 9.91. The van der Waals surface area contributed by atoms with E-state index in [0.29, 0.717) is 18.6 Å². The lowest BCUT2D eigenvalue weighted by Crippen LogP contribution is -2.50. The molecule has 3 N–H and O–H groups in total. The van der Waals surface area contributed by atoms with Crippen LogP contribution >= 0.6 is 0 Å². The minimum absolute atomic E-state index is 0.135. The van der Waals surface area contributed by atoms with Crippen LogP contribution in [0.4, 0.5) is 4.79 Å². The zero-order valence-corrected chi connectivity index (χ0v) is 9.24. The molecule has 4 heteroatoms. The van der Waals surface area contributed by atoms with Crippen LogP contribution in [0.2, 0.25) is 0 Å². The first kappa shape index (κ1) is 10.7. The predicted octanol–water partition coefficient (Wildman–Crippen LogP) is 1.06. The molecule has 0 aromatic carbocycles. The Labute approximate surface area is 91.2 Å². The van der Waals surface area contributed by atoms with Gasteiger partial charge in [-0.3, -0.25) is 0 Å². The summed E-state index contributed by atoms with van der Waals surface area (Å²) in [5.74, 6) is 0. The summed E-state index contributed by atoms with van der Waals surface area (Å²) in [4.78, 5) is 13.9. The Morgan fingerprint density at radius 1 is 1.33 bits per heavy atom. The van der Waals surface area contributed by atoms with Gasteiger partial charge in [-0.05, 0) is 45.1 Å². The monoisotopic (exact) mass is 211 g/mol. The van der Waals surface area contributed by atoms with Gasteiger partial charge < -0.3 is 16.0 Å². The lowest BCUT2D eigenvalue weighted by Gasteiger charge is -2.37. The number of carbonyl (C=O) groups excluding carboxylic acids is 1. The number of nitrogens with zero attached hydrogens (tertiary/aromatic N) is 1. The zero-order valence-electron chi connectivity index (χ0n) is 9.24. The normalized spacial score (nSPS) is 20.9. The van der Waals surface area contributed by atoms with E-state index in [9.17, 15) is 4.79 Å². The number of hydrogen-bond acceptors (Lipinski definition) is 2. The van der Waals surface area contributed by atoms with Crippen LogP contribution in [0, 0.1) is 0 Å². The average Bonchev–Trinajstić information content (AvgIpc) is 2.92. The summed E-state index contributed by atoms with van der Waals surface area (Å²) < 4.78 is 0. The fourth-order valence-electron chi connectivity index (χ4n) is 1.90. The van der Waals surface area contributed by atoms with Gasteiger partial charge in [-0.1, -0.05) is 0 Å². The maximum Gasteiger partial charge on any atom is 0.317 e. The Kier molecular flexibility index (Phi) is 3.46. The number of nitrogens with one attached hydrogen (secondary N) is 1. The number of hydrogen-bond donors (Lipinski definition) is 2. The molecule has 2 amide bonds. The second-order valence-corrected chi connectivity index (χ2v) is 4.64. The molecule has 0 spiro atoms. The minimum Gasteiger partial charge on any atom is -0.335 e. The first-order valence-corrected chi connectivity index (χ1v) is 6.08. The maximum absolute atomic E-state index is 11.9. The molecule has 2 saturated carbocycles.